The van der Waals surface area contributed by atoms with Crippen molar-refractivity contribution in [3.63, 3.8) is 0 Å². The molecule has 0 fully saturated rings. The predicted molar refractivity (Wildman–Crippen MR) is 102 cm³/mol. The molecule has 7 nitrogen and oxygen atoms in total. The Kier molecular flexibility index (Phi) is 5.33. The van der Waals surface area contributed by atoms with Crippen LogP contribution in [0.4, 0.5) is 0 Å². The van der Waals surface area contributed by atoms with E-state index < -0.39 is 0 Å². The quantitative estimate of drug-likeness (QED) is 0.531. The lowest BCUT2D eigenvalue weighted by atomic mass is 10.2. The van der Waals surface area contributed by atoms with Gasteiger partial charge in [0.25, 0.3) is 0 Å². The monoisotopic (exact) mass is 370 g/mol. The molecule has 0 bridgehead atoms. The summed E-state index contributed by atoms with van der Waals surface area (Å²) in [6.07, 6.45) is 1.69. The summed E-state index contributed by atoms with van der Waals surface area (Å²) in [4.78, 5) is 0. The van der Waals surface area contributed by atoms with E-state index in [4.69, 9.17) is 26.4 Å². The highest BCUT2D eigenvalue weighted by Gasteiger charge is 2.14. The second-order valence-electron chi connectivity index (χ2n) is 5.25. The van der Waals surface area contributed by atoms with Gasteiger partial charge in [0.05, 0.1) is 33.1 Å². The van der Waals surface area contributed by atoms with Crippen molar-refractivity contribution in [2.75, 3.05) is 21.3 Å². The Morgan fingerprint density at radius 2 is 1.81 bits per heavy atom. The largest absolute Gasteiger partial charge is 0.497 e. The molecule has 0 amide bonds. The van der Waals surface area contributed by atoms with Gasteiger partial charge < -0.3 is 14.2 Å². The van der Waals surface area contributed by atoms with E-state index in [-0.39, 0.29) is 0 Å². The topological polar surface area (TPSA) is 73.7 Å². The molecule has 26 heavy (non-hydrogen) atoms. The molecule has 0 aliphatic heterocycles. The number of hydrogen-bond acceptors (Lipinski definition) is 6. The third-order valence-corrected chi connectivity index (χ3v) is 3.98. The van der Waals surface area contributed by atoms with Gasteiger partial charge in [0.2, 0.25) is 4.77 Å². The molecular formula is C18H18N4O3S. The maximum Gasteiger partial charge on any atom is 0.216 e. The van der Waals surface area contributed by atoms with Crippen LogP contribution in [0, 0.1) is 4.77 Å². The van der Waals surface area contributed by atoms with Gasteiger partial charge in [0.15, 0.2) is 5.82 Å². The van der Waals surface area contributed by atoms with Crippen LogP contribution in [0.2, 0.25) is 0 Å². The molecule has 0 unspecified atom stereocenters. The van der Waals surface area contributed by atoms with Crippen molar-refractivity contribution in [3.8, 4) is 28.6 Å². The summed E-state index contributed by atoms with van der Waals surface area (Å²) in [5.41, 5.74) is 1.61. The van der Waals surface area contributed by atoms with Gasteiger partial charge in [0, 0.05) is 6.07 Å². The van der Waals surface area contributed by atoms with E-state index in [1.165, 1.54) is 0 Å². The average Bonchev–Trinajstić information content (AvgIpc) is 3.06. The van der Waals surface area contributed by atoms with Gasteiger partial charge in [-0.25, -0.2) is 5.10 Å². The number of hydrogen-bond donors (Lipinski definition) is 1. The maximum atomic E-state index is 5.45. The van der Waals surface area contributed by atoms with E-state index >= 15 is 0 Å². The van der Waals surface area contributed by atoms with Crippen LogP contribution < -0.4 is 14.2 Å². The van der Waals surface area contributed by atoms with E-state index in [1.807, 2.05) is 36.4 Å². The molecule has 0 aliphatic rings. The molecule has 0 atom stereocenters. The van der Waals surface area contributed by atoms with Gasteiger partial charge in [-0.1, -0.05) is 12.1 Å². The van der Waals surface area contributed by atoms with E-state index in [1.54, 1.807) is 38.3 Å². The first-order valence-electron chi connectivity index (χ1n) is 7.74. The lowest BCUT2D eigenvalue weighted by molar-refractivity contribution is 0.395. The third kappa shape index (κ3) is 3.60. The molecule has 1 aromatic heterocycles. The van der Waals surface area contributed by atoms with Crippen LogP contribution in [0.3, 0.4) is 0 Å². The van der Waals surface area contributed by atoms with Crippen molar-refractivity contribution >= 4 is 18.4 Å². The number of nitrogens with zero attached hydrogens (tertiary/aromatic N) is 3. The minimum absolute atomic E-state index is 0.372. The van der Waals surface area contributed by atoms with Gasteiger partial charge >= 0.3 is 0 Å². The highest BCUT2D eigenvalue weighted by Crippen LogP contribution is 2.32. The first-order valence-corrected chi connectivity index (χ1v) is 8.15. The highest BCUT2D eigenvalue weighted by atomic mass is 32.1. The van der Waals surface area contributed by atoms with Crippen molar-refractivity contribution < 1.29 is 14.2 Å². The summed E-state index contributed by atoms with van der Waals surface area (Å²) in [7, 11) is 4.81. The normalized spacial score (nSPS) is 10.9. The standard InChI is InChI=1S/C18H18N4O3S/c1-23-13-6-4-5-12(9-13)11-19-22-17(20-21-18(22)26)15-8-7-14(24-2)10-16(15)25-3/h4-11H,1-3H3,(H,21,26)/b19-11-. The third-order valence-electron chi connectivity index (χ3n) is 3.72. The summed E-state index contributed by atoms with van der Waals surface area (Å²) >= 11 is 5.31. The van der Waals surface area contributed by atoms with Crippen molar-refractivity contribution in [2.45, 2.75) is 0 Å². The smallest absolute Gasteiger partial charge is 0.216 e. The summed E-state index contributed by atoms with van der Waals surface area (Å²) in [6.45, 7) is 0. The van der Waals surface area contributed by atoms with Crippen LogP contribution in [-0.2, 0) is 0 Å². The minimum atomic E-state index is 0.372. The Hall–Kier alpha value is -3.13. The number of ether oxygens (including phenoxy) is 3. The van der Waals surface area contributed by atoms with E-state index in [2.05, 4.69) is 15.3 Å². The number of benzene rings is 2. The number of methoxy groups -OCH3 is 3. The Morgan fingerprint density at radius 1 is 1.04 bits per heavy atom. The summed E-state index contributed by atoms with van der Waals surface area (Å²) < 4.78 is 17.8. The van der Waals surface area contributed by atoms with Gasteiger partial charge in [-0.05, 0) is 42.0 Å². The summed E-state index contributed by atoms with van der Waals surface area (Å²) in [5, 5.41) is 11.5. The van der Waals surface area contributed by atoms with Crippen LogP contribution in [-0.4, -0.2) is 42.4 Å². The maximum absolute atomic E-state index is 5.45. The molecule has 1 heterocycles. The second-order valence-corrected chi connectivity index (χ2v) is 5.64. The molecule has 0 saturated heterocycles. The fourth-order valence-electron chi connectivity index (χ4n) is 2.40. The van der Waals surface area contributed by atoms with Crippen molar-refractivity contribution in [3.05, 3.63) is 52.8 Å². The van der Waals surface area contributed by atoms with Crippen LogP contribution in [0.5, 0.6) is 17.2 Å². The van der Waals surface area contributed by atoms with Crippen LogP contribution in [0.25, 0.3) is 11.4 Å². The molecule has 0 radical (unpaired) electrons. The van der Waals surface area contributed by atoms with Crippen LogP contribution in [0.15, 0.2) is 47.6 Å². The first kappa shape index (κ1) is 17.7. The van der Waals surface area contributed by atoms with Gasteiger partial charge in [-0.15, -0.1) is 0 Å². The van der Waals surface area contributed by atoms with Gasteiger partial charge in [-0.2, -0.15) is 14.9 Å². The number of H-pyrrole nitrogens is 1. The predicted octanol–water partition coefficient (Wildman–Crippen LogP) is 3.52. The highest BCUT2D eigenvalue weighted by molar-refractivity contribution is 7.71. The average molecular weight is 370 g/mol. The molecule has 0 saturated carbocycles. The SMILES string of the molecule is COc1cccc(/C=N\n2c(-c3ccc(OC)cc3OC)n[nH]c2=S)c1. The lowest BCUT2D eigenvalue weighted by Gasteiger charge is -2.09. The van der Waals surface area contributed by atoms with Crippen molar-refractivity contribution in [2.24, 2.45) is 5.10 Å². The molecule has 1 N–H and O–H groups in total. The van der Waals surface area contributed by atoms with Crippen LogP contribution >= 0.6 is 12.2 Å². The number of aromatic amines is 1. The zero-order chi connectivity index (χ0) is 18.5. The van der Waals surface area contributed by atoms with E-state index in [9.17, 15) is 0 Å². The van der Waals surface area contributed by atoms with Crippen molar-refractivity contribution in [1.82, 2.24) is 14.9 Å². The molecule has 3 aromatic rings. The minimum Gasteiger partial charge on any atom is -0.497 e. The van der Waals surface area contributed by atoms with Gasteiger partial charge in [-0.3, -0.25) is 0 Å². The van der Waals surface area contributed by atoms with E-state index in [0.717, 1.165) is 16.9 Å². The molecule has 134 valence electrons. The Bertz CT molecular complexity index is 994. The van der Waals surface area contributed by atoms with Crippen molar-refractivity contribution in [1.29, 1.82) is 0 Å². The Morgan fingerprint density at radius 3 is 2.54 bits per heavy atom. The van der Waals surface area contributed by atoms with Gasteiger partial charge in [0.1, 0.15) is 17.2 Å². The molecule has 3 rings (SSSR count). The zero-order valence-corrected chi connectivity index (χ0v) is 15.4. The lowest BCUT2D eigenvalue weighted by Crippen LogP contribution is -1.98. The zero-order valence-electron chi connectivity index (χ0n) is 14.6. The molecule has 0 spiro atoms. The Balaban J connectivity index is 2.02. The van der Waals surface area contributed by atoms with E-state index in [0.29, 0.717) is 22.1 Å². The molecule has 0 aliphatic carbocycles. The molecular weight excluding hydrogens is 352 g/mol. The molecule has 2 aromatic carbocycles. The number of nitrogens with one attached hydrogen (secondary N) is 1. The molecule has 8 heteroatoms. The van der Waals surface area contributed by atoms with Crippen LogP contribution in [0.1, 0.15) is 5.56 Å². The fourth-order valence-corrected chi connectivity index (χ4v) is 2.58. The number of aromatic nitrogens is 3. The first-order chi connectivity index (χ1) is 12.7. The Labute approximate surface area is 155 Å². The second kappa shape index (κ2) is 7.83. The fraction of sp³-hybridized carbons (Fsp3) is 0.167. The summed E-state index contributed by atoms with van der Waals surface area (Å²) in [6, 6.07) is 13.0. The number of rotatable bonds is 6. The summed E-state index contributed by atoms with van der Waals surface area (Å²) in [5.74, 6) is 2.58.